The summed E-state index contributed by atoms with van der Waals surface area (Å²) in [6.07, 6.45) is 0.537. The highest BCUT2D eigenvalue weighted by molar-refractivity contribution is 7.99. The Morgan fingerprint density at radius 1 is 1.19 bits per heavy atom. The molecule has 0 N–H and O–H groups in total. The Kier molecular flexibility index (Phi) is 6.58. The van der Waals surface area contributed by atoms with Crippen molar-refractivity contribution >= 4 is 28.9 Å². The predicted octanol–water partition coefficient (Wildman–Crippen LogP) is 5.17. The molecule has 3 aromatic heterocycles. The summed E-state index contributed by atoms with van der Waals surface area (Å²) in [7, 11) is 1.64. The molecule has 0 aliphatic rings. The molecule has 160 valence electrons. The molecule has 3 heterocycles. The molecule has 0 bridgehead atoms. The number of ether oxygens (including phenoxy) is 1. The fraction of sp³-hybridized carbons (Fsp3) is 0.261. The fourth-order valence-electron chi connectivity index (χ4n) is 3.38. The van der Waals surface area contributed by atoms with Crippen molar-refractivity contribution in [3.63, 3.8) is 0 Å². The molecule has 0 saturated carbocycles. The van der Waals surface area contributed by atoms with Crippen molar-refractivity contribution in [1.82, 2.24) is 14.8 Å². The SMILES string of the molecule is COc1ccc(Cc2nnc(SCC(=O)c3cc(C)n(Cc4cccs4)c3C)o2)cc1. The van der Waals surface area contributed by atoms with Crippen LogP contribution in [0, 0.1) is 13.8 Å². The summed E-state index contributed by atoms with van der Waals surface area (Å²) < 4.78 is 13.1. The first-order valence-corrected chi connectivity index (χ1v) is 11.7. The van der Waals surface area contributed by atoms with Crippen molar-refractivity contribution in [1.29, 1.82) is 0 Å². The molecule has 1 aromatic carbocycles. The van der Waals surface area contributed by atoms with Gasteiger partial charge in [-0.05, 0) is 49.1 Å². The number of carbonyl (C=O) groups excluding carboxylic acids is 1. The molecule has 31 heavy (non-hydrogen) atoms. The monoisotopic (exact) mass is 453 g/mol. The first-order chi connectivity index (χ1) is 15.0. The van der Waals surface area contributed by atoms with Gasteiger partial charge in [0.25, 0.3) is 5.22 Å². The quantitative estimate of drug-likeness (QED) is 0.257. The van der Waals surface area contributed by atoms with Gasteiger partial charge in [-0.25, -0.2) is 0 Å². The van der Waals surface area contributed by atoms with Crippen LogP contribution in [-0.2, 0) is 13.0 Å². The van der Waals surface area contributed by atoms with Crippen molar-refractivity contribution in [3.05, 3.63) is 81.1 Å². The molecule has 0 aliphatic heterocycles. The number of thiophene rings is 1. The van der Waals surface area contributed by atoms with Gasteiger partial charge in [0.15, 0.2) is 5.78 Å². The molecule has 4 aromatic rings. The molecule has 0 fully saturated rings. The lowest BCUT2D eigenvalue weighted by molar-refractivity contribution is 0.102. The van der Waals surface area contributed by atoms with Crippen LogP contribution < -0.4 is 4.74 Å². The molecule has 6 nitrogen and oxygen atoms in total. The highest BCUT2D eigenvalue weighted by Crippen LogP contribution is 2.24. The van der Waals surface area contributed by atoms with Gasteiger partial charge in [0.1, 0.15) is 5.75 Å². The average molecular weight is 454 g/mol. The third-order valence-electron chi connectivity index (χ3n) is 5.06. The number of nitrogens with zero attached hydrogens (tertiary/aromatic N) is 3. The van der Waals surface area contributed by atoms with Gasteiger partial charge >= 0.3 is 0 Å². The van der Waals surface area contributed by atoms with E-state index in [0.29, 0.717) is 17.5 Å². The van der Waals surface area contributed by atoms with Crippen LogP contribution in [0.2, 0.25) is 0 Å². The third kappa shape index (κ3) is 5.08. The van der Waals surface area contributed by atoms with E-state index in [0.717, 1.165) is 34.8 Å². The maximum absolute atomic E-state index is 12.8. The zero-order chi connectivity index (χ0) is 21.8. The molecule has 0 aliphatic carbocycles. The Labute approximate surface area is 189 Å². The fourth-order valence-corrected chi connectivity index (χ4v) is 4.73. The van der Waals surface area contributed by atoms with Crippen LogP contribution in [0.5, 0.6) is 5.75 Å². The highest BCUT2D eigenvalue weighted by Gasteiger charge is 2.18. The Morgan fingerprint density at radius 3 is 2.71 bits per heavy atom. The number of aromatic nitrogens is 3. The first-order valence-electron chi connectivity index (χ1n) is 9.84. The lowest BCUT2D eigenvalue weighted by Gasteiger charge is -2.08. The molecular weight excluding hydrogens is 430 g/mol. The summed E-state index contributed by atoms with van der Waals surface area (Å²) in [6, 6.07) is 13.8. The Morgan fingerprint density at radius 2 is 2.00 bits per heavy atom. The van der Waals surface area contributed by atoms with Gasteiger partial charge in [-0.1, -0.05) is 30.0 Å². The molecule has 0 spiro atoms. The second kappa shape index (κ2) is 9.53. The molecule has 4 rings (SSSR count). The van der Waals surface area contributed by atoms with Crippen molar-refractivity contribution in [3.8, 4) is 5.75 Å². The lowest BCUT2D eigenvalue weighted by Crippen LogP contribution is -2.07. The van der Waals surface area contributed by atoms with E-state index in [-0.39, 0.29) is 11.5 Å². The van der Waals surface area contributed by atoms with Crippen LogP contribution in [-0.4, -0.2) is 33.4 Å². The van der Waals surface area contributed by atoms with Crippen LogP contribution in [0.1, 0.15) is 38.1 Å². The van der Waals surface area contributed by atoms with Crippen LogP contribution in [0.4, 0.5) is 0 Å². The van der Waals surface area contributed by atoms with Gasteiger partial charge in [0, 0.05) is 21.8 Å². The van der Waals surface area contributed by atoms with Crippen molar-refractivity contribution in [2.45, 2.75) is 32.0 Å². The zero-order valence-electron chi connectivity index (χ0n) is 17.6. The van der Waals surface area contributed by atoms with Gasteiger partial charge < -0.3 is 13.7 Å². The van der Waals surface area contributed by atoms with E-state index in [1.165, 1.54) is 16.6 Å². The summed E-state index contributed by atoms with van der Waals surface area (Å²) in [5, 5.41) is 10.6. The zero-order valence-corrected chi connectivity index (χ0v) is 19.3. The van der Waals surface area contributed by atoms with Crippen LogP contribution in [0.25, 0.3) is 0 Å². The van der Waals surface area contributed by atoms with E-state index in [2.05, 4.69) is 26.2 Å². The summed E-state index contributed by atoms with van der Waals surface area (Å²) in [5.41, 5.74) is 3.87. The molecule has 0 atom stereocenters. The summed E-state index contributed by atoms with van der Waals surface area (Å²) in [5.74, 6) is 1.64. The van der Waals surface area contributed by atoms with Gasteiger partial charge in [-0.15, -0.1) is 21.5 Å². The van der Waals surface area contributed by atoms with Crippen molar-refractivity contribution in [2.24, 2.45) is 0 Å². The second-order valence-electron chi connectivity index (χ2n) is 7.15. The van der Waals surface area contributed by atoms with Crippen molar-refractivity contribution < 1.29 is 13.9 Å². The minimum absolute atomic E-state index is 0.0606. The number of thioether (sulfide) groups is 1. The van der Waals surface area contributed by atoms with E-state index in [1.54, 1.807) is 18.4 Å². The smallest absolute Gasteiger partial charge is 0.277 e. The average Bonchev–Trinajstić information content (AvgIpc) is 3.51. The largest absolute Gasteiger partial charge is 0.497 e. The number of hydrogen-bond donors (Lipinski definition) is 0. The summed E-state index contributed by atoms with van der Waals surface area (Å²) in [6.45, 7) is 4.82. The first kappa shape index (κ1) is 21.4. The van der Waals surface area contributed by atoms with E-state index < -0.39 is 0 Å². The summed E-state index contributed by atoms with van der Waals surface area (Å²) >= 11 is 2.99. The van der Waals surface area contributed by atoms with Crippen LogP contribution in [0.15, 0.2) is 57.5 Å². The molecular formula is C23H23N3O3S2. The lowest BCUT2D eigenvalue weighted by atomic mass is 10.1. The number of aryl methyl sites for hydroxylation is 1. The molecule has 0 radical (unpaired) electrons. The molecule has 0 saturated heterocycles. The third-order valence-corrected chi connectivity index (χ3v) is 6.74. The number of rotatable bonds is 9. The van der Waals surface area contributed by atoms with E-state index in [1.807, 2.05) is 50.2 Å². The highest BCUT2D eigenvalue weighted by atomic mass is 32.2. The van der Waals surface area contributed by atoms with Crippen LogP contribution >= 0.6 is 23.1 Å². The van der Waals surface area contributed by atoms with E-state index >= 15 is 0 Å². The maximum Gasteiger partial charge on any atom is 0.277 e. The minimum atomic E-state index is 0.0606. The number of ketones is 1. The van der Waals surface area contributed by atoms with Gasteiger partial charge in [-0.2, -0.15) is 0 Å². The van der Waals surface area contributed by atoms with Crippen molar-refractivity contribution in [2.75, 3.05) is 12.9 Å². The Balaban J connectivity index is 1.37. The normalized spacial score (nSPS) is 11.1. The Hall–Kier alpha value is -2.84. The molecule has 8 heteroatoms. The molecule has 0 amide bonds. The topological polar surface area (TPSA) is 70.2 Å². The standard InChI is InChI=1S/C23H23N3O3S2/c1-15-11-20(16(2)26(15)13-19-5-4-10-30-19)21(27)14-31-23-25-24-22(29-23)12-17-6-8-18(28-3)9-7-17/h4-11H,12-14H2,1-3H3. The van der Waals surface area contributed by atoms with Gasteiger partial charge in [-0.3, -0.25) is 4.79 Å². The number of methoxy groups -OCH3 is 1. The van der Waals surface area contributed by atoms with Gasteiger partial charge in [0.2, 0.25) is 5.89 Å². The number of hydrogen-bond acceptors (Lipinski definition) is 7. The minimum Gasteiger partial charge on any atom is -0.497 e. The van der Waals surface area contributed by atoms with Crippen LogP contribution in [0.3, 0.4) is 0 Å². The van der Waals surface area contributed by atoms with Gasteiger partial charge in [0.05, 0.1) is 25.8 Å². The summed E-state index contributed by atoms with van der Waals surface area (Å²) in [4.78, 5) is 14.1. The number of Topliss-reactive ketones (excluding diaryl/α,β-unsaturated/α-hetero) is 1. The van der Waals surface area contributed by atoms with E-state index in [9.17, 15) is 4.79 Å². The van der Waals surface area contributed by atoms with E-state index in [4.69, 9.17) is 9.15 Å². The molecule has 0 unspecified atom stereocenters. The number of benzene rings is 1. The Bertz CT molecular complexity index is 1160. The predicted molar refractivity (Wildman–Crippen MR) is 122 cm³/mol. The second-order valence-corrected chi connectivity index (χ2v) is 9.11. The maximum atomic E-state index is 12.8. The number of carbonyl (C=O) groups is 1.